The first kappa shape index (κ1) is 14.7. The maximum atomic E-state index is 11.5. The highest BCUT2D eigenvalue weighted by Gasteiger charge is 2.11. The van der Waals surface area contributed by atoms with Crippen molar-refractivity contribution in [2.24, 2.45) is 0 Å². The maximum Gasteiger partial charge on any atom is 0.155 e. The molecule has 0 amide bonds. The van der Waals surface area contributed by atoms with Crippen LogP contribution in [0.15, 0.2) is 36.5 Å². The monoisotopic (exact) mass is 293 g/mol. The van der Waals surface area contributed by atoms with Gasteiger partial charge in [0.05, 0.1) is 11.4 Å². The molecule has 0 N–H and O–H groups in total. The summed E-state index contributed by atoms with van der Waals surface area (Å²) in [6, 6.07) is 10.2. The van der Waals surface area contributed by atoms with E-state index in [1.165, 1.54) is 5.56 Å². The second-order valence-corrected chi connectivity index (χ2v) is 7.09. The number of aromatic nitrogens is 3. The number of aryl methyl sites for hydroxylation is 2. The second-order valence-electron chi connectivity index (χ2n) is 4.74. The Hall–Kier alpha value is -1.69. The van der Waals surface area contributed by atoms with Crippen molar-refractivity contribution in [3.8, 4) is 0 Å². The summed E-state index contributed by atoms with van der Waals surface area (Å²) < 4.78 is 24.7. The third kappa shape index (κ3) is 4.45. The third-order valence-corrected chi connectivity index (χ3v) is 4.70. The molecule has 2 rings (SSSR count). The van der Waals surface area contributed by atoms with E-state index in [4.69, 9.17) is 0 Å². The molecule has 0 bridgehead atoms. The minimum absolute atomic E-state index is 0.0256. The van der Waals surface area contributed by atoms with E-state index in [0.29, 0.717) is 5.69 Å². The molecule has 0 aliphatic heterocycles. The van der Waals surface area contributed by atoms with Gasteiger partial charge in [-0.25, -0.2) is 8.42 Å². The molecule has 0 saturated heterocycles. The first-order chi connectivity index (χ1) is 9.59. The molecule has 0 saturated carbocycles. The van der Waals surface area contributed by atoms with Crippen molar-refractivity contribution in [1.29, 1.82) is 0 Å². The lowest BCUT2D eigenvalue weighted by atomic mass is 10.1. The predicted octanol–water partition coefficient (Wildman–Crippen LogP) is 1.85. The van der Waals surface area contributed by atoms with Crippen LogP contribution >= 0.6 is 0 Å². The van der Waals surface area contributed by atoms with Gasteiger partial charge < -0.3 is 0 Å². The number of nitrogens with zero attached hydrogens (tertiary/aromatic N) is 3. The van der Waals surface area contributed by atoms with Crippen molar-refractivity contribution in [2.45, 2.75) is 32.1 Å². The smallest absolute Gasteiger partial charge is 0.155 e. The Morgan fingerprint density at radius 2 is 1.95 bits per heavy atom. The first-order valence-electron chi connectivity index (χ1n) is 6.72. The molecular formula is C14H19N3O2S. The van der Waals surface area contributed by atoms with Gasteiger partial charge in [-0.3, -0.25) is 4.68 Å². The lowest BCUT2D eigenvalue weighted by Gasteiger charge is -2.01. The molecule has 6 heteroatoms. The van der Waals surface area contributed by atoms with Crippen LogP contribution in [0, 0.1) is 0 Å². The van der Waals surface area contributed by atoms with Gasteiger partial charge in [0.15, 0.2) is 9.84 Å². The van der Waals surface area contributed by atoms with E-state index in [1.807, 2.05) is 18.2 Å². The molecule has 108 valence electrons. The summed E-state index contributed by atoms with van der Waals surface area (Å²) >= 11 is 0. The van der Waals surface area contributed by atoms with Crippen molar-refractivity contribution in [3.05, 3.63) is 47.8 Å². The van der Waals surface area contributed by atoms with E-state index < -0.39 is 9.84 Å². The van der Waals surface area contributed by atoms with E-state index in [2.05, 4.69) is 22.4 Å². The Labute approximate surface area is 119 Å². The Kier molecular flexibility index (Phi) is 4.89. The quantitative estimate of drug-likeness (QED) is 0.781. The highest BCUT2D eigenvalue weighted by molar-refractivity contribution is 7.90. The van der Waals surface area contributed by atoms with Crippen LogP contribution in [-0.4, -0.2) is 29.2 Å². The molecular weight excluding hydrogens is 274 g/mol. The molecule has 20 heavy (non-hydrogen) atoms. The van der Waals surface area contributed by atoms with Crippen LogP contribution in [0.1, 0.15) is 24.6 Å². The highest BCUT2D eigenvalue weighted by atomic mass is 32.2. The zero-order valence-corrected chi connectivity index (χ0v) is 12.4. The Bertz CT molecular complexity index is 635. The maximum absolute atomic E-state index is 11.5. The number of benzene rings is 1. The van der Waals surface area contributed by atoms with Crippen LogP contribution in [0.3, 0.4) is 0 Å². The first-order valence-corrected chi connectivity index (χ1v) is 8.54. The van der Waals surface area contributed by atoms with Crippen molar-refractivity contribution in [1.82, 2.24) is 15.0 Å². The zero-order chi connectivity index (χ0) is 14.4. The van der Waals surface area contributed by atoms with E-state index in [1.54, 1.807) is 17.8 Å². The van der Waals surface area contributed by atoms with Gasteiger partial charge in [-0.1, -0.05) is 42.5 Å². The fourth-order valence-electron chi connectivity index (χ4n) is 1.93. The fourth-order valence-corrected chi connectivity index (χ4v) is 2.72. The SMILES string of the molecule is CCS(=O)(=O)Cc1cn(CCCc2ccccc2)nn1. The largest absolute Gasteiger partial charge is 0.252 e. The summed E-state index contributed by atoms with van der Waals surface area (Å²) in [7, 11) is -3.04. The summed E-state index contributed by atoms with van der Waals surface area (Å²) in [5.41, 5.74) is 1.81. The zero-order valence-electron chi connectivity index (χ0n) is 11.6. The molecule has 5 nitrogen and oxygen atoms in total. The molecule has 0 unspecified atom stereocenters. The summed E-state index contributed by atoms with van der Waals surface area (Å²) in [5, 5.41) is 7.88. The van der Waals surface area contributed by atoms with Crippen LogP contribution in [0.25, 0.3) is 0 Å². The molecule has 0 aliphatic carbocycles. The Balaban J connectivity index is 1.84. The molecule has 1 aromatic carbocycles. The van der Waals surface area contributed by atoms with E-state index >= 15 is 0 Å². The van der Waals surface area contributed by atoms with Gasteiger partial charge in [0.1, 0.15) is 0 Å². The Morgan fingerprint density at radius 3 is 2.65 bits per heavy atom. The van der Waals surface area contributed by atoms with Crippen molar-refractivity contribution < 1.29 is 8.42 Å². The van der Waals surface area contributed by atoms with Crippen molar-refractivity contribution in [3.63, 3.8) is 0 Å². The molecule has 0 aliphatic rings. The number of hydrogen-bond acceptors (Lipinski definition) is 4. The Morgan fingerprint density at radius 1 is 1.20 bits per heavy atom. The third-order valence-electron chi connectivity index (χ3n) is 3.09. The minimum Gasteiger partial charge on any atom is -0.252 e. The molecule has 0 fully saturated rings. The van der Waals surface area contributed by atoms with Crippen molar-refractivity contribution >= 4 is 9.84 Å². The average Bonchev–Trinajstić information content (AvgIpc) is 2.87. The minimum atomic E-state index is -3.04. The van der Waals surface area contributed by atoms with Gasteiger partial charge >= 0.3 is 0 Å². The molecule has 1 heterocycles. The second kappa shape index (κ2) is 6.65. The molecule has 2 aromatic rings. The molecule has 0 spiro atoms. The standard InChI is InChI=1S/C14H19N3O2S/c1-2-20(18,19)12-14-11-17(16-15-14)10-6-9-13-7-4-3-5-8-13/h3-5,7-8,11H,2,6,9-10,12H2,1H3. The molecule has 1 aromatic heterocycles. The van der Waals surface area contributed by atoms with E-state index in [-0.39, 0.29) is 11.5 Å². The highest BCUT2D eigenvalue weighted by Crippen LogP contribution is 2.05. The van der Waals surface area contributed by atoms with Crippen LogP contribution in [0.4, 0.5) is 0 Å². The lowest BCUT2D eigenvalue weighted by molar-refractivity contribution is 0.558. The normalized spacial score (nSPS) is 11.7. The topological polar surface area (TPSA) is 64.8 Å². The van der Waals surface area contributed by atoms with Gasteiger partial charge in [0.2, 0.25) is 0 Å². The van der Waals surface area contributed by atoms with E-state index in [0.717, 1.165) is 19.4 Å². The summed E-state index contributed by atoms with van der Waals surface area (Å²) in [6.45, 7) is 2.38. The van der Waals surface area contributed by atoms with Crippen molar-refractivity contribution in [2.75, 3.05) is 5.75 Å². The van der Waals surface area contributed by atoms with E-state index in [9.17, 15) is 8.42 Å². The van der Waals surface area contributed by atoms with Gasteiger partial charge in [-0.05, 0) is 18.4 Å². The number of rotatable bonds is 7. The predicted molar refractivity (Wildman–Crippen MR) is 77.9 cm³/mol. The summed E-state index contributed by atoms with van der Waals surface area (Å²) in [5.74, 6) is 0.107. The van der Waals surface area contributed by atoms with Gasteiger partial charge in [0.25, 0.3) is 0 Å². The average molecular weight is 293 g/mol. The fraction of sp³-hybridized carbons (Fsp3) is 0.429. The number of hydrogen-bond donors (Lipinski definition) is 0. The summed E-state index contributed by atoms with van der Waals surface area (Å²) in [4.78, 5) is 0. The number of sulfone groups is 1. The van der Waals surface area contributed by atoms with Crippen LogP contribution in [0.5, 0.6) is 0 Å². The summed E-state index contributed by atoms with van der Waals surface area (Å²) in [6.07, 6.45) is 3.65. The van der Waals surface area contributed by atoms with Crippen LogP contribution in [0.2, 0.25) is 0 Å². The lowest BCUT2D eigenvalue weighted by Crippen LogP contribution is -2.06. The molecule has 0 radical (unpaired) electrons. The van der Waals surface area contributed by atoms with Gasteiger partial charge in [-0.15, -0.1) is 5.10 Å². The van der Waals surface area contributed by atoms with Crippen LogP contribution < -0.4 is 0 Å². The van der Waals surface area contributed by atoms with Gasteiger partial charge in [-0.2, -0.15) is 0 Å². The van der Waals surface area contributed by atoms with Crippen LogP contribution in [-0.2, 0) is 28.6 Å². The molecule has 0 atom stereocenters. The van der Waals surface area contributed by atoms with Gasteiger partial charge in [0, 0.05) is 18.5 Å².